The Bertz CT molecular complexity index is 656. The van der Waals surface area contributed by atoms with Crippen LogP contribution in [-0.2, 0) is 0 Å². The lowest BCUT2D eigenvalue weighted by Gasteiger charge is -2.08. The molecule has 20 heavy (non-hydrogen) atoms. The van der Waals surface area contributed by atoms with Crippen molar-refractivity contribution in [3.63, 3.8) is 0 Å². The highest BCUT2D eigenvalue weighted by Gasteiger charge is 2.12. The van der Waals surface area contributed by atoms with Crippen LogP contribution >= 0.6 is 0 Å². The lowest BCUT2D eigenvalue weighted by molar-refractivity contribution is 0.102. The van der Waals surface area contributed by atoms with Gasteiger partial charge in [0.1, 0.15) is 0 Å². The summed E-state index contributed by atoms with van der Waals surface area (Å²) in [5, 5.41) is 2.65. The van der Waals surface area contributed by atoms with E-state index in [2.05, 4.69) is 20.3 Å². The van der Waals surface area contributed by atoms with Gasteiger partial charge in [-0.1, -0.05) is 0 Å². The van der Waals surface area contributed by atoms with Crippen molar-refractivity contribution in [3.05, 3.63) is 40.8 Å². The Morgan fingerprint density at radius 3 is 2.50 bits per heavy atom. The molecule has 6 nitrogen and oxygen atoms in total. The number of rotatable bonds is 3. The highest BCUT2D eigenvalue weighted by atomic mass is 16.5. The van der Waals surface area contributed by atoms with Gasteiger partial charge >= 0.3 is 0 Å². The van der Waals surface area contributed by atoms with Crippen LogP contribution in [0.25, 0.3) is 0 Å². The van der Waals surface area contributed by atoms with E-state index in [1.165, 1.54) is 7.11 Å². The van der Waals surface area contributed by atoms with Gasteiger partial charge in [0.25, 0.3) is 5.91 Å². The number of methoxy groups -OCH3 is 1. The number of aryl methyl sites for hydroxylation is 3. The van der Waals surface area contributed by atoms with Gasteiger partial charge in [-0.15, -0.1) is 0 Å². The number of nitrogens with zero attached hydrogens (tertiary/aromatic N) is 3. The minimum atomic E-state index is -0.289. The molecule has 2 aromatic rings. The predicted octanol–water partition coefficient (Wildman–Crippen LogP) is 2.06. The van der Waals surface area contributed by atoms with E-state index in [1.807, 2.05) is 6.92 Å². The van der Waals surface area contributed by atoms with Crippen LogP contribution in [0.15, 0.2) is 18.2 Å². The average molecular weight is 272 g/mol. The predicted molar refractivity (Wildman–Crippen MR) is 75.0 cm³/mol. The molecule has 2 rings (SSSR count). The summed E-state index contributed by atoms with van der Waals surface area (Å²) in [6.07, 6.45) is 0. The van der Waals surface area contributed by atoms with Crippen LogP contribution in [0.1, 0.15) is 27.4 Å². The van der Waals surface area contributed by atoms with Gasteiger partial charge in [0.05, 0.1) is 18.4 Å². The molecule has 0 radical (unpaired) electrons. The van der Waals surface area contributed by atoms with E-state index in [0.717, 1.165) is 5.69 Å². The van der Waals surface area contributed by atoms with E-state index in [0.29, 0.717) is 22.8 Å². The van der Waals surface area contributed by atoms with Gasteiger partial charge in [0, 0.05) is 17.5 Å². The number of carbonyl (C=O) groups excluding carboxylic acids is 1. The second-order valence-electron chi connectivity index (χ2n) is 4.42. The molecule has 0 aliphatic rings. The first-order valence-corrected chi connectivity index (χ1v) is 6.15. The Kier molecular flexibility index (Phi) is 3.93. The number of amides is 1. The van der Waals surface area contributed by atoms with E-state index < -0.39 is 0 Å². The number of anilines is 1. The fraction of sp³-hybridized carbons (Fsp3) is 0.286. The molecule has 0 saturated heterocycles. The number of pyridine rings is 1. The normalized spacial score (nSPS) is 10.2. The summed E-state index contributed by atoms with van der Waals surface area (Å²) in [5.74, 6) is 0.334. The van der Waals surface area contributed by atoms with E-state index in [9.17, 15) is 4.79 Å². The van der Waals surface area contributed by atoms with Gasteiger partial charge in [-0.3, -0.25) is 15.1 Å². The molecule has 104 valence electrons. The Hall–Kier alpha value is -2.50. The van der Waals surface area contributed by atoms with Crippen molar-refractivity contribution in [2.45, 2.75) is 20.8 Å². The molecule has 2 heterocycles. The lowest BCUT2D eigenvalue weighted by atomic mass is 10.2. The van der Waals surface area contributed by atoms with E-state index in [-0.39, 0.29) is 11.9 Å². The minimum absolute atomic E-state index is 0.215. The smallest absolute Gasteiger partial charge is 0.259 e. The third kappa shape index (κ3) is 3.09. The third-order valence-electron chi connectivity index (χ3n) is 2.73. The van der Waals surface area contributed by atoms with Crippen molar-refractivity contribution in [1.29, 1.82) is 0 Å². The Balaban J connectivity index is 2.25. The summed E-state index contributed by atoms with van der Waals surface area (Å²) < 4.78 is 5.05. The molecule has 1 amide bonds. The summed E-state index contributed by atoms with van der Waals surface area (Å²) in [5.41, 5.74) is 2.75. The van der Waals surface area contributed by atoms with Gasteiger partial charge < -0.3 is 4.74 Å². The monoisotopic (exact) mass is 272 g/mol. The summed E-state index contributed by atoms with van der Waals surface area (Å²) in [6.45, 7) is 5.47. The fourth-order valence-electron chi connectivity index (χ4n) is 1.80. The number of hydrogen-bond donors (Lipinski definition) is 1. The van der Waals surface area contributed by atoms with Crippen LogP contribution < -0.4 is 10.1 Å². The van der Waals surface area contributed by atoms with Crippen molar-refractivity contribution >= 4 is 11.9 Å². The second-order valence-corrected chi connectivity index (χ2v) is 4.42. The first-order valence-electron chi connectivity index (χ1n) is 6.15. The van der Waals surface area contributed by atoms with Crippen LogP contribution in [0.4, 0.5) is 5.95 Å². The van der Waals surface area contributed by atoms with Crippen LogP contribution in [0.3, 0.4) is 0 Å². The number of hydrogen-bond acceptors (Lipinski definition) is 5. The van der Waals surface area contributed by atoms with Gasteiger partial charge in [-0.2, -0.15) is 4.98 Å². The van der Waals surface area contributed by atoms with E-state index >= 15 is 0 Å². The van der Waals surface area contributed by atoms with Gasteiger partial charge in [0.2, 0.25) is 11.8 Å². The molecule has 0 aromatic carbocycles. The highest BCUT2D eigenvalue weighted by Crippen LogP contribution is 2.13. The molecule has 2 aromatic heterocycles. The standard InChI is InChI=1S/C14H16N4O2/c1-8-5-6-11(10(3)15-8)13(19)18-14-16-9(2)7-12(17-14)20-4/h5-7H,1-4H3,(H,16,17,18,19). The zero-order valence-electron chi connectivity index (χ0n) is 11.9. The molecule has 0 spiro atoms. The van der Waals surface area contributed by atoms with Crippen molar-refractivity contribution in [1.82, 2.24) is 15.0 Å². The number of nitrogens with one attached hydrogen (secondary N) is 1. The molecule has 6 heteroatoms. The molecular weight excluding hydrogens is 256 g/mol. The maximum atomic E-state index is 12.2. The summed E-state index contributed by atoms with van der Waals surface area (Å²) in [6, 6.07) is 5.22. The average Bonchev–Trinajstić information content (AvgIpc) is 2.37. The maximum absolute atomic E-state index is 12.2. The van der Waals surface area contributed by atoms with Gasteiger partial charge in [-0.25, -0.2) is 4.98 Å². The third-order valence-corrected chi connectivity index (χ3v) is 2.73. The Morgan fingerprint density at radius 2 is 1.85 bits per heavy atom. The first kappa shape index (κ1) is 13.9. The summed E-state index contributed by atoms with van der Waals surface area (Å²) >= 11 is 0. The SMILES string of the molecule is COc1cc(C)nc(NC(=O)c2ccc(C)nc2C)n1. The van der Waals surface area contributed by atoms with Crippen LogP contribution in [0.5, 0.6) is 5.88 Å². The largest absolute Gasteiger partial charge is 0.481 e. The van der Waals surface area contributed by atoms with E-state index in [1.54, 1.807) is 32.0 Å². The molecule has 0 fully saturated rings. The topological polar surface area (TPSA) is 77.0 Å². The molecule has 0 atom stereocenters. The minimum Gasteiger partial charge on any atom is -0.481 e. The molecule has 0 unspecified atom stereocenters. The van der Waals surface area contributed by atoms with Crippen LogP contribution in [0, 0.1) is 20.8 Å². The second kappa shape index (κ2) is 5.64. The zero-order valence-corrected chi connectivity index (χ0v) is 11.9. The van der Waals surface area contributed by atoms with Crippen molar-refractivity contribution in [2.75, 3.05) is 12.4 Å². The number of carbonyl (C=O) groups is 1. The zero-order chi connectivity index (χ0) is 14.7. The van der Waals surface area contributed by atoms with Gasteiger partial charge in [0.15, 0.2) is 0 Å². The number of ether oxygens (including phenoxy) is 1. The Morgan fingerprint density at radius 1 is 1.10 bits per heavy atom. The fourth-order valence-corrected chi connectivity index (χ4v) is 1.80. The van der Waals surface area contributed by atoms with Crippen molar-refractivity contribution in [3.8, 4) is 5.88 Å². The summed E-state index contributed by atoms with van der Waals surface area (Å²) in [4.78, 5) is 24.7. The molecular formula is C14H16N4O2. The van der Waals surface area contributed by atoms with Gasteiger partial charge in [-0.05, 0) is 32.9 Å². The quantitative estimate of drug-likeness (QED) is 0.925. The maximum Gasteiger partial charge on any atom is 0.259 e. The molecule has 0 saturated carbocycles. The molecule has 0 bridgehead atoms. The highest BCUT2D eigenvalue weighted by molar-refractivity contribution is 6.04. The molecule has 0 aliphatic carbocycles. The summed E-state index contributed by atoms with van der Waals surface area (Å²) in [7, 11) is 1.52. The van der Waals surface area contributed by atoms with Crippen LogP contribution in [-0.4, -0.2) is 28.0 Å². The molecule has 1 N–H and O–H groups in total. The first-order chi connectivity index (χ1) is 9.49. The Labute approximate surface area is 117 Å². The lowest BCUT2D eigenvalue weighted by Crippen LogP contribution is -2.16. The molecule has 0 aliphatic heterocycles. The van der Waals surface area contributed by atoms with Crippen molar-refractivity contribution < 1.29 is 9.53 Å². The van der Waals surface area contributed by atoms with E-state index in [4.69, 9.17) is 4.74 Å². The number of aromatic nitrogens is 3. The van der Waals surface area contributed by atoms with Crippen LogP contribution in [0.2, 0.25) is 0 Å². The van der Waals surface area contributed by atoms with Crippen molar-refractivity contribution in [2.24, 2.45) is 0 Å².